The van der Waals surface area contributed by atoms with Crippen molar-refractivity contribution in [1.82, 2.24) is 10.6 Å². The molecule has 0 aromatic heterocycles. The molecule has 0 aliphatic carbocycles. The van der Waals surface area contributed by atoms with Gasteiger partial charge in [0.2, 0.25) is 5.79 Å². The van der Waals surface area contributed by atoms with E-state index in [0.29, 0.717) is 13.2 Å². The standard InChI is InChI=1S/C26H50N2O6/c1-5-7-9-10-11-12-13-14-15-16-18-31-20-26-23(33-25(3,4)34-26)22(29)21(32-26)19-28-24(30)27-17-8-6-2/h21-23,29H,5-20H2,1-4H3,(H2,27,28,30)/t21-,22+,23-,26-/m0/s1. The molecule has 0 aromatic rings. The van der Waals surface area contributed by atoms with Crippen LogP contribution in [0, 0.1) is 0 Å². The summed E-state index contributed by atoms with van der Waals surface area (Å²) in [5, 5.41) is 16.4. The first-order valence-corrected chi connectivity index (χ1v) is 13.7. The lowest BCUT2D eigenvalue weighted by molar-refractivity contribution is -0.277. The topological polar surface area (TPSA) is 98.3 Å². The molecule has 0 spiro atoms. The minimum atomic E-state index is -1.16. The lowest BCUT2D eigenvalue weighted by Crippen LogP contribution is -2.45. The highest BCUT2D eigenvalue weighted by Gasteiger charge is 2.64. The van der Waals surface area contributed by atoms with E-state index in [1.54, 1.807) is 13.8 Å². The summed E-state index contributed by atoms with van der Waals surface area (Å²) >= 11 is 0. The Labute approximate surface area is 206 Å². The molecule has 2 rings (SSSR count). The van der Waals surface area contributed by atoms with Gasteiger partial charge in [0.05, 0.1) is 0 Å². The molecular formula is C26H50N2O6. The molecule has 200 valence electrons. The van der Waals surface area contributed by atoms with Crippen molar-refractivity contribution in [3.8, 4) is 0 Å². The van der Waals surface area contributed by atoms with Gasteiger partial charge in [0.1, 0.15) is 24.9 Å². The Bertz CT molecular complexity index is 575. The maximum atomic E-state index is 12.0. The van der Waals surface area contributed by atoms with Crippen LogP contribution in [0.15, 0.2) is 0 Å². The van der Waals surface area contributed by atoms with Crippen molar-refractivity contribution in [2.45, 2.75) is 135 Å². The van der Waals surface area contributed by atoms with E-state index < -0.39 is 29.9 Å². The average Bonchev–Trinajstić information content (AvgIpc) is 3.20. The lowest BCUT2D eigenvalue weighted by atomic mass is 10.1. The van der Waals surface area contributed by atoms with Crippen molar-refractivity contribution in [2.24, 2.45) is 0 Å². The Kier molecular flexibility index (Phi) is 13.1. The molecule has 0 radical (unpaired) electrons. The highest BCUT2D eigenvalue weighted by Crippen LogP contribution is 2.45. The molecule has 8 heteroatoms. The summed E-state index contributed by atoms with van der Waals surface area (Å²) < 4.78 is 24.1. The number of aliphatic hydroxyl groups excluding tert-OH is 1. The van der Waals surface area contributed by atoms with E-state index in [1.807, 2.05) is 0 Å². The molecule has 2 aliphatic rings. The van der Waals surface area contributed by atoms with Crippen LogP contribution in [0.2, 0.25) is 0 Å². The summed E-state index contributed by atoms with van der Waals surface area (Å²) in [6.07, 6.45) is 12.5. The number of carbonyl (C=O) groups is 1. The minimum Gasteiger partial charge on any atom is -0.387 e. The molecule has 0 bridgehead atoms. The van der Waals surface area contributed by atoms with Gasteiger partial charge in [-0.15, -0.1) is 0 Å². The number of urea groups is 1. The van der Waals surface area contributed by atoms with Gasteiger partial charge in [-0.05, 0) is 26.7 Å². The fourth-order valence-corrected chi connectivity index (χ4v) is 4.68. The van der Waals surface area contributed by atoms with Crippen molar-refractivity contribution in [3.63, 3.8) is 0 Å². The number of rotatable bonds is 18. The SMILES string of the molecule is CCCCCCCCCCCCOC[C@@]12O[C@@H](CNC(=O)NCCCC)[C@@H](O)[C@@H]1OC(C)(C)O2. The van der Waals surface area contributed by atoms with Gasteiger partial charge in [-0.2, -0.15) is 0 Å². The molecule has 0 aromatic carbocycles. The average molecular weight is 487 g/mol. The second kappa shape index (κ2) is 15.2. The molecule has 0 unspecified atom stereocenters. The van der Waals surface area contributed by atoms with Gasteiger partial charge >= 0.3 is 6.03 Å². The zero-order valence-electron chi connectivity index (χ0n) is 22.0. The van der Waals surface area contributed by atoms with Crippen LogP contribution in [0.4, 0.5) is 4.79 Å². The van der Waals surface area contributed by atoms with E-state index in [4.69, 9.17) is 18.9 Å². The number of fused-ring (bicyclic) bond motifs is 1. The smallest absolute Gasteiger partial charge is 0.314 e. The van der Waals surface area contributed by atoms with E-state index in [2.05, 4.69) is 24.5 Å². The van der Waals surface area contributed by atoms with Crippen LogP contribution in [-0.4, -0.2) is 67.3 Å². The third-order valence-electron chi connectivity index (χ3n) is 6.53. The third kappa shape index (κ3) is 9.61. The fraction of sp³-hybridized carbons (Fsp3) is 0.962. The largest absolute Gasteiger partial charge is 0.387 e. The molecule has 4 atom stereocenters. The molecule has 2 amide bonds. The maximum Gasteiger partial charge on any atom is 0.314 e. The Balaban J connectivity index is 1.67. The van der Waals surface area contributed by atoms with Crippen LogP contribution in [0.25, 0.3) is 0 Å². The molecular weight excluding hydrogens is 436 g/mol. The number of hydrogen-bond acceptors (Lipinski definition) is 6. The first-order valence-electron chi connectivity index (χ1n) is 13.7. The number of amides is 2. The van der Waals surface area contributed by atoms with Crippen molar-refractivity contribution in [1.29, 1.82) is 0 Å². The van der Waals surface area contributed by atoms with E-state index >= 15 is 0 Å². The maximum absolute atomic E-state index is 12.0. The highest BCUT2D eigenvalue weighted by atomic mass is 16.9. The van der Waals surface area contributed by atoms with Crippen molar-refractivity contribution in [3.05, 3.63) is 0 Å². The van der Waals surface area contributed by atoms with Crippen LogP contribution in [0.3, 0.4) is 0 Å². The molecule has 8 nitrogen and oxygen atoms in total. The summed E-state index contributed by atoms with van der Waals surface area (Å²) in [5.74, 6) is -2.03. The molecule has 0 saturated carbocycles. The Morgan fingerprint density at radius 2 is 1.50 bits per heavy atom. The van der Waals surface area contributed by atoms with Gasteiger partial charge in [-0.1, -0.05) is 78.1 Å². The highest BCUT2D eigenvalue weighted by molar-refractivity contribution is 5.73. The third-order valence-corrected chi connectivity index (χ3v) is 6.53. The van der Waals surface area contributed by atoms with E-state index in [1.165, 1.54) is 51.4 Å². The number of ether oxygens (including phenoxy) is 4. The quantitative estimate of drug-likeness (QED) is 0.244. The van der Waals surface area contributed by atoms with E-state index in [0.717, 1.165) is 25.7 Å². The predicted molar refractivity (Wildman–Crippen MR) is 133 cm³/mol. The first kappa shape index (κ1) is 29.3. The van der Waals surface area contributed by atoms with Gasteiger partial charge in [0.15, 0.2) is 5.79 Å². The van der Waals surface area contributed by atoms with Gasteiger partial charge in [-0.3, -0.25) is 0 Å². The molecule has 2 heterocycles. The minimum absolute atomic E-state index is 0.170. The summed E-state index contributed by atoms with van der Waals surface area (Å²) in [7, 11) is 0. The summed E-state index contributed by atoms with van der Waals surface area (Å²) in [4.78, 5) is 12.0. The zero-order valence-corrected chi connectivity index (χ0v) is 22.0. The molecule has 2 saturated heterocycles. The van der Waals surface area contributed by atoms with Gasteiger partial charge in [0.25, 0.3) is 0 Å². The van der Waals surface area contributed by atoms with Gasteiger partial charge in [-0.25, -0.2) is 4.79 Å². The molecule has 2 fully saturated rings. The van der Waals surface area contributed by atoms with Crippen LogP contribution in [0.5, 0.6) is 0 Å². The number of hydrogen-bond donors (Lipinski definition) is 3. The second-order valence-corrected chi connectivity index (χ2v) is 10.2. The Morgan fingerprint density at radius 3 is 2.15 bits per heavy atom. The Morgan fingerprint density at radius 1 is 0.882 bits per heavy atom. The lowest BCUT2D eigenvalue weighted by Gasteiger charge is -2.28. The van der Waals surface area contributed by atoms with Crippen LogP contribution in [0.1, 0.15) is 105 Å². The van der Waals surface area contributed by atoms with E-state index in [-0.39, 0.29) is 19.2 Å². The first-order chi connectivity index (χ1) is 16.3. The zero-order chi connectivity index (χ0) is 24.9. The number of unbranched alkanes of at least 4 members (excludes halogenated alkanes) is 10. The number of nitrogens with one attached hydrogen (secondary N) is 2. The predicted octanol–water partition coefficient (Wildman–Crippen LogP) is 4.63. The van der Waals surface area contributed by atoms with Crippen LogP contribution >= 0.6 is 0 Å². The monoisotopic (exact) mass is 486 g/mol. The van der Waals surface area contributed by atoms with Crippen molar-refractivity contribution >= 4 is 6.03 Å². The van der Waals surface area contributed by atoms with E-state index in [9.17, 15) is 9.90 Å². The Hall–Kier alpha value is -0.930. The molecule has 3 N–H and O–H groups in total. The molecule has 34 heavy (non-hydrogen) atoms. The number of carbonyl (C=O) groups excluding carboxylic acids is 1. The van der Waals surface area contributed by atoms with Crippen LogP contribution < -0.4 is 10.6 Å². The summed E-state index contributed by atoms with van der Waals surface area (Å²) in [6.45, 7) is 9.53. The van der Waals surface area contributed by atoms with Crippen LogP contribution in [-0.2, 0) is 18.9 Å². The summed E-state index contributed by atoms with van der Waals surface area (Å²) in [6, 6.07) is -0.269. The molecule has 2 aliphatic heterocycles. The van der Waals surface area contributed by atoms with Crippen molar-refractivity contribution in [2.75, 3.05) is 26.3 Å². The van der Waals surface area contributed by atoms with Crippen molar-refractivity contribution < 1.29 is 28.8 Å². The second-order valence-electron chi connectivity index (χ2n) is 10.2. The summed E-state index contributed by atoms with van der Waals surface area (Å²) in [5.41, 5.74) is 0. The van der Waals surface area contributed by atoms with Gasteiger partial charge in [0, 0.05) is 19.7 Å². The fourth-order valence-electron chi connectivity index (χ4n) is 4.68. The normalized spacial score (nSPS) is 27.6. The van der Waals surface area contributed by atoms with Gasteiger partial charge < -0.3 is 34.7 Å². The number of aliphatic hydroxyl groups is 1.